The minimum atomic E-state index is -0.934. The van der Waals surface area contributed by atoms with Crippen LogP contribution in [0.4, 0.5) is 0 Å². The number of carbonyl (C=O) groups excluding carboxylic acids is 1. The normalized spacial score (nSPS) is 14.9. The van der Waals surface area contributed by atoms with Crippen LogP contribution in [-0.4, -0.2) is 61.8 Å². The number of nitrogens with one attached hydrogen (secondary N) is 1. The number of hydrogen-bond acceptors (Lipinski definition) is 4. The fourth-order valence-corrected chi connectivity index (χ4v) is 1.46. The SMILES string of the molecule is COCCN(CC(=O)O)CC(=O)NCC1CC1. The van der Waals surface area contributed by atoms with Crippen molar-refractivity contribution in [3.05, 3.63) is 0 Å². The molecule has 1 aliphatic carbocycles. The molecule has 0 aliphatic heterocycles. The molecular weight excluding hydrogens is 224 g/mol. The fourth-order valence-electron chi connectivity index (χ4n) is 1.46. The average Bonchev–Trinajstić information content (AvgIpc) is 3.06. The highest BCUT2D eigenvalue weighted by Crippen LogP contribution is 2.27. The topological polar surface area (TPSA) is 78.9 Å². The van der Waals surface area contributed by atoms with Crippen molar-refractivity contribution in [2.24, 2.45) is 5.92 Å². The van der Waals surface area contributed by atoms with E-state index in [-0.39, 0.29) is 19.0 Å². The van der Waals surface area contributed by atoms with Crippen LogP contribution >= 0.6 is 0 Å². The Morgan fingerprint density at radius 3 is 2.65 bits per heavy atom. The summed E-state index contributed by atoms with van der Waals surface area (Å²) < 4.78 is 4.88. The van der Waals surface area contributed by atoms with Gasteiger partial charge in [0.25, 0.3) is 0 Å². The maximum absolute atomic E-state index is 11.5. The number of hydrogen-bond donors (Lipinski definition) is 2. The molecule has 1 amide bonds. The molecule has 0 spiro atoms. The quantitative estimate of drug-likeness (QED) is 0.574. The number of nitrogens with zero attached hydrogens (tertiary/aromatic N) is 1. The van der Waals surface area contributed by atoms with Crippen molar-refractivity contribution in [2.75, 3.05) is 39.9 Å². The summed E-state index contributed by atoms with van der Waals surface area (Å²) >= 11 is 0. The maximum atomic E-state index is 11.5. The van der Waals surface area contributed by atoms with Crippen LogP contribution in [0, 0.1) is 5.92 Å². The Hall–Kier alpha value is -1.14. The van der Waals surface area contributed by atoms with E-state index in [9.17, 15) is 9.59 Å². The predicted octanol–water partition coefficient (Wildman–Crippen LogP) is -0.454. The van der Waals surface area contributed by atoms with Gasteiger partial charge in [0.15, 0.2) is 0 Å². The molecule has 0 unspecified atom stereocenters. The van der Waals surface area contributed by atoms with Crippen LogP contribution in [0.2, 0.25) is 0 Å². The van der Waals surface area contributed by atoms with Crippen LogP contribution in [0.3, 0.4) is 0 Å². The zero-order valence-electron chi connectivity index (χ0n) is 10.1. The van der Waals surface area contributed by atoms with Crippen molar-refractivity contribution in [3.8, 4) is 0 Å². The summed E-state index contributed by atoms with van der Waals surface area (Å²) in [6.07, 6.45) is 2.37. The second-order valence-electron chi connectivity index (χ2n) is 4.34. The number of rotatable bonds is 9. The minimum absolute atomic E-state index is 0.113. The first-order chi connectivity index (χ1) is 8.11. The van der Waals surface area contributed by atoms with Gasteiger partial charge >= 0.3 is 5.97 Å². The van der Waals surface area contributed by atoms with E-state index in [2.05, 4.69) is 5.32 Å². The Bertz CT molecular complexity index is 266. The summed E-state index contributed by atoms with van der Waals surface area (Å²) in [5, 5.41) is 11.5. The number of carboxylic acid groups (broad SMARTS) is 1. The van der Waals surface area contributed by atoms with E-state index in [0.29, 0.717) is 25.6 Å². The number of carbonyl (C=O) groups is 2. The van der Waals surface area contributed by atoms with Gasteiger partial charge < -0.3 is 15.2 Å². The summed E-state index contributed by atoms with van der Waals surface area (Å²) in [5.41, 5.74) is 0. The number of carboxylic acids is 1. The van der Waals surface area contributed by atoms with Gasteiger partial charge in [0.2, 0.25) is 5.91 Å². The molecule has 17 heavy (non-hydrogen) atoms. The molecule has 2 N–H and O–H groups in total. The van der Waals surface area contributed by atoms with Gasteiger partial charge in [-0.05, 0) is 18.8 Å². The monoisotopic (exact) mass is 244 g/mol. The van der Waals surface area contributed by atoms with E-state index >= 15 is 0 Å². The van der Waals surface area contributed by atoms with Crippen LogP contribution in [0.1, 0.15) is 12.8 Å². The van der Waals surface area contributed by atoms with Crippen LogP contribution < -0.4 is 5.32 Å². The molecule has 0 aromatic heterocycles. The molecule has 0 atom stereocenters. The summed E-state index contributed by atoms with van der Waals surface area (Å²) in [6, 6.07) is 0. The summed E-state index contributed by atoms with van der Waals surface area (Å²) in [5.74, 6) is -0.420. The fraction of sp³-hybridized carbons (Fsp3) is 0.818. The van der Waals surface area contributed by atoms with Gasteiger partial charge in [-0.25, -0.2) is 0 Å². The standard InChI is InChI=1S/C11H20N2O4/c1-17-5-4-13(8-11(15)16)7-10(14)12-6-9-2-3-9/h9H,2-8H2,1H3,(H,12,14)(H,15,16). The number of aliphatic carboxylic acids is 1. The number of ether oxygens (including phenoxy) is 1. The third-order valence-electron chi connectivity index (χ3n) is 2.62. The van der Waals surface area contributed by atoms with Crippen molar-refractivity contribution in [3.63, 3.8) is 0 Å². The lowest BCUT2D eigenvalue weighted by Gasteiger charge is -2.19. The lowest BCUT2D eigenvalue weighted by molar-refractivity contribution is -0.138. The van der Waals surface area contributed by atoms with Crippen LogP contribution in [0.5, 0.6) is 0 Å². The van der Waals surface area contributed by atoms with E-state index < -0.39 is 5.97 Å². The molecule has 0 bridgehead atoms. The highest BCUT2D eigenvalue weighted by Gasteiger charge is 2.22. The summed E-state index contributed by atoms with van der Waals surface area (Å²) in [6.45, 7) is 1.55. The molecular formula is C11H20N2O4. The molecule has 1 rings (SSSR count). The Balaban J connectivity index is 2.23. The van der Waals surface area contributed by atoms with E-state index in [4.69, 9.17) is 9.84 Å². The first-order valence-corrected chi connectivity index (χ1v) is 5.81. The lowest BCUT2D eigenvalue weighted by Crippen LogP contribution is -2.41. The highest BCUT2D eigenvalue weighted by molar-refractivity contribution is 5.79. The zero-order valence-corrected chi connectivity index (χ0v) is 10.1. The largest absolute Gasteiger partial charge is 0.480 e. The Labute approximate surface area is 101 Å². The van der Waals surface area contributed by atoms with Crippen molar-refractivity contribution >= 4 is 11.9 Å². The van der Waals surface area contributed by atoms with Gasteiger partial charge in [-0.1, -0.05) is 0 Å². The van der Waals surface area contributed by atoms with Gasteiger partial charge in [0.05, 0.1) is 19.7 Å². The predicted molar refractivity (Wildman–Crippen MR) is 61.7 cm³/mol. The van der Waals surface area contributed by atoms with Crippen molar-refractivity contribution in [2.45, 2.75) is 12.8 Å². The van der Waals surface area contributed by atoms with E-state index in [1.165, 1.54) is 12.8 Å². The Morgan fingerprint density at radius 2 is 2.12 bits per heavy atom. The molecule has 0 radical (unpaired) electrons. The lowest BCUT2D eigenvalue weighted by atomic mass is 10.4. The first-order valence-electron chi connectivity index (χ1n) is 5.81. The van der Waals surface area contributed by atoms with Gasteiger partial charge in [0, 0.05) is 20.2 Å². The van der Waals surface area contributed by atoms with Gasteiger partial charge in [-0.2, -0.15) is 0 Å². The molecule has 6 nitrogen and oxygen atoms in total. The molecule has 1 saturated carbocycles. The molecule has 98 valence electrons. The van der Waals surface area contributed by atoms with Crippen molar-refractivity contribution < 1.29 is 19.4 Å². The third kappa shape index (κ3) is 6.91. The molecule has 0 aromatic rings. The maximum Gasteiger partial charge on any atom is 0.317 e. The van der Waals surface area contributed by atoms with Gasteiger partial charge in [-0.15, -0.1) is 0 Å². The van der Waals surface area contributed by atoms with E-state index in [0.717, 1.165) is 0 Å². The molecule has 6 heteroatoms. The van der Waals surface area contributed by atoms with E-state index in [1.807, 2.05) is 0 Å². The third-order valence-corrected chi connectivity index (χ3v) is 2.62. The zero-order chi connectivity index (χ0) is 12.7. The van der Waals surface area contributed by atoms with Crippen LogP contribution in [0.15, 0.2) is 0 Å². The molecule has 1 fully saturated rings. The summed E-state index contributed by atoms with van der Waals surface area (Å²) in [7, 11) is 1.55. The number of amides is 1. The Kier molecular flexibility index (Phi) is 5.93. The summed E-state index contributed by atoms with van der Waals surface area (Å²) in [4.78, 5) is 23.7. The molecule has 0 aromatic carbocycles. The number of methoxy groups -OCH3 is 1. The molecule has 1 aliphatic rings. The van der Waals surface area contributed by atoms with Crippen molar-refractivity contribution in [1.29, 1.82) is 0 Å². The average molecular weight is 244 g/mol. The highest BCUT2D eigenvalue weighted by atomic mass is 16.5. The smallest absolute Gasteiger partial charge is 0.317 e. The molecule has 0 saturated heterocycles. The Morgan fingerprint density at radius 1 is 1.41 bits per heavy atom. The minimum Gasteiger partial charge on any atom is -0.480 e. The van der Waals surface area contributed by atoms with Gasteiger partial charge in [-0.3, -0.25) is 14.5 Å². The van der Waals surface area contributed by atoms with Crippen LogP contribution in [-0.2, 0) is 14.3 Å². The first kappa shape index (κ1) is 13.9. The van der Waals surface area contributed by atoms with E-state index in [1.54, 1.807) is 12.0 Å². The van der Waals surface area contributed by atoms with Gasteiger partial charge in [0.1, 0.15) is 0 Å². The second kappa shape index (κ2) is 7.24. The van der Waals surface area contributed by atoms with Crippen LogP contribution in [0.25, 0.3) is 0 Å². The molecule has 0 heterocycles. The second-order valence-corrected chi connectivity index (χ2v) is 4.34. The van der Waals surface area contributed by atoms with Crippen molar-refractivity contribution in [1.82, 2.24) is 10.2 Å².